The number of benzene rings is 1. The van der Waals surface area contributed by atoms with Gasteiger partial charge in [-0.15, -0.1) is 0 Å². The van der Waals surface area contributed by atoms with Crippen molar-refractivity contribution >= 4 is 17.2 Å². The van der Waals surface area contributed by atoms with Crippen molar-refractivity contribution < 1.29 is 14.6 Å². The van der Waals surface area contributed by atoms with Gasteiger partial charge in [-0.25, -0.2) is 0 Å². The maximum Gasteiger partial charge on any atom is 0.246 e. The second-order valence-corrected chi connectivity index (χ2v) is 5.44. The van der Waals surface area contributed by atoms with Crippen molar-refractivity contribution in [1.82, 2.24) is 5.32 Å². The standard InChI is InChI=1S/C16H19NO3S/c18-15(14-7-9-21-12-14)10-17-16(19)11-20-8-6-13-4-2-1-3-5-13/h1-5,7,9,12,15,18H,6,8,10-11H2,(H,17,19). The van der Waals surface area contributed by atoms with Crippen LogP contribution in [0.4, 0.5) is 0 Å². The highest BCUT2D eigenvalue weighted by Crippen LogP contribution is 2.14. The van der Waals surface area contributed by atoms with Crippen LogP contribution in [0.3, 0.4) is 0 Å². The van der Waals surface area contributed by atoms with E-state index in [2.05, 4.69) is 5.32 Å². The third-order valence-electron chi connectivity index (χ3n) is 3.03. The van der Waals surface area contributed by atoms with Crippen molar-refractivity contribution in [3.05, 3.63) is 58.3 Å². The Morgan fingerprint density at radius 1 is 1.29 bits per heavy atom. The Balaban J connectivity index is 1.57. The minimum absolute atomic E-state index is 0.0171. The first-order valence-corrected chi connectivity index (χ1v) is 7.78. The number of carbonyl (C=O) groups is 1. The molecule has 0 fully saturated rings. The zero-order chi connectivity index (χ0) is 14.9. The van der Waals surface area contributed by atoms with Gasteiger partial charge in [0.15, 0.2) is 0 Å². The van der Waals surface area contributed by atoms with E-state index >= 15 is 0 Å². The summed E-state index contributed by atoms with van der Waals surface area (Å²) in [4.78, 5) is 11.6. The average molecular weight is 305 g/mol. The number of ether oxygens (including phenoxy) is 1. The number of aliphatic hydroxyl groups excluding tert-OH is 1. The van der Waals surface area contributed by atoms with Crippen LogP contribution in [0.15, 0.2) is 47.2 Å². The lowest BCUT2D eigenvalue weighted by Crippen LogP contribution is -2.31. The van der Waals surface area contributed by atoms with Gasteiger partial charge in [0.25, 0.3) is 0 Å². The Bertz CT molecular complexity index is 528. The molecule has 0 bridgehead atoms. The van der Waals surface area contributed by atoms with Crippen LogP contribution in [-0.2, 0) is 16.0 Å². The first-order valence-electron chi connectivity index (χ1n) is 6.84. The van der Waals surface area contributed by atoms with Crippen LogP contribution in [0.5, 0.6) is 0 Å². The summed E-state index contributed by atoms with van der Waals surface area (Å²) >= 11 is 1.52. The fourth-order valence-corrected chi connectivity index (χ4v) is 2.55. The van der Waals surface area contributed by atoms with Gasteiger partial charge in [-0.1, -0.05) is 30.3 Å². The fraction of sp³-hybridized carbons (Fsp3) is 0.312. The number of nitrogens with one attached hydrogen (secondary N) is 1. The molecular weight excluding hydrogens is 286 g/mol. The van der Waals surface area contributed by atoms with E-state index in [0.29, 0.717) is 6.61 Å². The Labute approximate surface area is 128 Å². The highest BCUT2D eigenvalue weighted by molar-refractivity contribution is 7.07. The molecule has 2 N–H and O–H groups in total. The molecular formula is C16H19NO3S. The van der Waals surface area contributed by atoms with E-state index in [1.54, 1.807) is 0 Å². The summed E-state index contributed by atoms with van der Waals surface area (Å²) in [5, 5.41) is 16.3. The summed E-state index contributed by atoms with van der Waals surface area (Å²) in [6.07, 6.45) is 0.121. The Morgan fingerprint density at radius 2 is 2.10 bits per heavy atom. The average Bonchev–Trinajstić information content (AvgIpc) is 3.05. The smallest absolute Gasteiger partial charge is 0.246 e. The van der Waals surface area contributed by atoms with E-state index < -0.39 is 6.10 Å². The van der Waals surface area contributed by atoms with Gasteiger partial charge in [0.2, 0.25) is 5.91 Å². The van der Waals surface area contributed by atoms with Gasteiger partial charge in [-0.3, -0.25) is 4.79 Å². The molecule has 21 heavy (non-hydrogen) atoms. The van der Waals surface area contributed by atoms with Crippen LogP contribution in [-0.4, -0.2) is 30.8 Å². The predicted molar refractivity (Wildman–Crippen MR) is 83.3 cm³/mol. The molecule has 2 rings (SSSR count). The summed E-state index contributed by atoms with van der Waals surface area (Å²) in [6, 6.07) is 11.8. The van der Waals surface area contributed by atoms with Gasteiger partial charge in [0, 0.05) is 6.54 Å². The molecule has 0 aliphatic heterocycles. The van der Waals surface area contributed by atoms with Crippen molar-refractivity contribution in [3.8, 4) is 0 Å². The molecule has 0 saturated heterocycles. The topological polar surface area (TPSA) is 58.6 Å². The van der Waals surface area contributed by atoms with Gasteiger partial charge >= 0.3 is 0 Å². The van der Waals surface area contributed by atoms with Crippen molar-refractivity contribution in [2.45, 2.75) is 12.5 Å². The first kappa shape index (κ1) is 15.7. The number of hydrogen-bond donors (Lipinski definition) is 2. The summed E-state index contributed by atoms with van der Waals surface area (Å²) in [6.45, 7) is 0.727. The third kappa shape index (κ3) is 5.67. The summed E-state index contributed by atoms with van der Waals surface area (Å²) in [5.41, 5.74) is 2.01. The Morgan fingerprint density at radius 3 is 2.81 bits per heavy atom. The molecule has 0 aliphatic rings. The van der Waals surface area contributed by atoms with E-state index in [0.717, 1.165) is 12.0 Å². The molecule has 0 radical (unpaired) electrons. The number of amides is 1. The lowest BCUT2D eigenvalue weighted by Gasteiger charge is -2.10. The summed E-state index contributed by atoms with van der Waals surface area (Å²) in [7, 11) is 0. The molecule has 1 amide bonds. The maximum absolute atomic E-state index is 11.6. The van der Waals surface area contributed by atoms with E-state index in [1.165, 1.54) is 16.9 Å². The van der Waals surface area contributed by atoms with Crippen molar-refractivity contribution in [1.29, 1.82) is 0 Å². The van der Waals surface area contributed by atoms with Crippen LogP contribution in [0.1, 0.15) is 17.2 Å². The normalized spacial score (nSPS) is 12.0. The minimum atomic E-state index is -0.662. The molecule has 1 aromatic carbocycles. The largest absolute Gasteiger partial charge is 0.387 e. The van der Waals surface area contributed by atoms with Crippen LogP contribution >= 0.6 is 11.3 Å². The zero-order valence-corrected chi connectivity index (χ0v) is 12.5. The molecule has 1 atom stereocenters. The van der Waals surface area contributed by atoms with E-state index in [-0.39, 0.29) is 19.1 Å². The first-order chi connectivity index (χ1) is 10.3. The van der Waals surface area contributed by atoms with E-state index in [4.69, 9.17) is 4.74 Å². The van der Waals surface area contributed by atoms with Gasteiger partial charge in [-0.05, 0) is 34.4 Å². The van der Waals surface area contributed by atoms with E-state index in [9.17, 15) is 9.90 Å². The third-order valence-corrected chi connectivity index (χ3v) is 3.73. The van der Waals surface area contributed by atoms with Crippen molar-refractivity contribution in [2.75, 3.05) is 19.8 Å². The van der Waals surface area contributed by atoms with E-state index in [1.807, 2.05) is 47.2 Å². The van der Waals surface area contributed by atoms with Gasteiger partial charge in [0.05, 0.1) is 12.7 Å². The lowest BCUT2D eigenvalue weighted by atomic mass is 10.2. The van der Waals surface area contributed by atoms with Gasteiger partial charge < -0.3 is 15.2 Å². The summed E-state index contributed by atoms with van der Waals surface area (Å²) < 4.78 is 5.33. The Hall–Kier alpha value is -1.69. The molecule has 112 valence electrons. The minimum Gasteiger partial charge on any atom is -0.387 e. The monoisotopic (exact) mass is 305 g/mol. The van der Waals surface area contributed by atoms with Crippen LogP contribution < -0.4 is 5.32 Å². The van der Waals surface area contributed by atoms with Crippen LogP contribution in [0.2, 0.25) is 0 Å². The lowest BCUT2D eigenvalue weighted by molar-refractivity contribution is -0.126. The molecule has 1 aromatic heterocycles. The number of carbonyl (C=O) groups excluding carboxylic acids is 1. The number of aliphatic hydroxyl groups is 1. The quantitative estimate of drug-likeness (QED) is 0.735. The molecule has 1 heterocycles. The highest BCUT2D eigenvalue weighted by Gasteiger charge is 2.09. The molecule has 0 spiro atoms. The van der Waals surface area contributed by atoms with Gasteiger partial charge in [0.1, 0.15) is 6.61 Å². The second-order valence-electron chi connectivity index (χ2n) is 4.66. The van der Waals surface area contributed by atoms with Crippen molar-refractivity contribution in [2.24, 2.45) is 0 Å². The molecule has 0 aliphatic carbocycles. The molecule has 1 unspecified atom stereocenters. The molecule has 5 heteroatoms. The molecule has 4 nitrogen and oxygen atoms in total. The zero-order valence-electron chi connectivity index (χ0n) is 11.7. The molecule has 0 saturated carbocycles. The maximum atomic E-state index is 11.6. The summed E-state index contributed by atoms with van der Waals surface area (Å²) in [5.74, 6) is -0.211. The van der Waals surface area contributed by atoms with Crippen molar-refractivity contribution in [3.63, 3.8) is 0 Å². The van der Waals surface area contributed by atoms with Crippen LogP contribution in [0, 0.1) is 0 Å². The van der Waals surface area contributed by atoms with Crippen LogP contribution in [0.25, 0.3) is 0 Å². The Kier molecular flexibility index (Phi) is 6.40. The molecule has 2 aromatic rings. The van der Waals surface area contributed by atoms with Gasteiger partial charge in [-0.2, -0.15) is 11.3 Å². The fourth-order valence-electron chi connectivity index (χ4n) is 1.84. The second kappa shape index (κ2) is 8.56. The predicted octanol–water partition coefficient (Wildman–Crippen LogP) is 2.16. The number of thiophene rings is 1. The highest BCUT2D eigenvalue weighted by atomic mass is 32.1. The SMILES string of the molecule is O=C(COCCc1ccccc1)NCC(O)c1ccsc1. The number of hydrogen-bond acceptors (Lipinski definition) is 4. The number of rotatable bonds is 8.